The van der Waals surface area contributed by atoms with Gasteiger partial charge >= 0.3 is 0 Å². The van der Waals surface area contributed by atoms with E-state index in [1.807, 2.05) is 30.3 Å². The van der Waals surface area contributed by atoms with Gasteiger partial charge in [-0.1, -0.05) is 41.9 Å². The molecule has 3 aromatic carbocycles. The van der Waals surface area contributed by atoms with Crippen LogP contribution < -0.4 is 10.9 Å². The Balaban J connectivity index is 1.66. The summed E-state index contributed by atoms with van der Waals surface area (Å²) in [5.41, 5.74) is 8.12. The summed E-state index contributed by atoms with van der Waals surface area (Å²) in [6, 6.07) is 22.7. The maximum absolute atomic E-state index is 12.6. The van der Waals surface area contributed by atoms with Gasteiger partial charge in [0.1, 0.15) is 0 Å². The minimum Gasteiger partial charge on any atom is -0.321 e. The van der Waals surface area contributed by atoms with E-state index >= 15 is 0 Å². The van der Waals surface area contributed by atoms with Crippen molar-refractivity contribution in [2.24, 2.45) is 0 Å². The van der Waals surface area contributed by atoms with Gasteiger partial charge in [-0.25, -0.2) is 13.8 Å². The zero-order chi connectivity index (χ0) is 17.7. The Morgan fingerprint density at radius 3 is 1.92 bits per heavy atom. The van der Waals surface area contributed by atoms with E-state index < -0.39 is 9.84 Å². The topological polar surface area (TPSA) is 58.2 Å². The lowest BCUT2D eigenvalue weighted by atomic mass is 10.2. The van der Waals surface area contributed by atoms with Gasteiger partial charge in [0.05, 0.1) is 9.79 Å². The first-order valence-corrected chi connectivity index (χ1v) is 9.55. The molecule has 4 nitrogen and oxygen atoms in total. The highest BCUT2D eigenvalue weighted by atomic mass is 35.5. The van der Waals surface area contributed by atoms with Crippen molar-refractivity contribution in [1.29, 1.82) is 0 Å². The molecule has 0 bridgehead atoms. The molecule has 0 fully saturated rings. The summed E-state index contributed by atoms with van der Waals surface area (Å²) in [5, 5.41) is 0.506. The van der Waals surface area contributed by atoms with Gasteiger partial charge in [-0.2, -0.15) is 0 Å². The molecule has 3 aromatic rings. The molecule has 128 valence electrons. The van der Waals surface area contributed by atoms with Crippen molar-refractivity contribution < 1.29 is 8.42 Å². The van der Waals surface area contributed by atoms with Crippen LogP contribution in [0.15, 0.2) is 88.7 Å². The fraction of sp³-hybridized carbons (Fsp3) is 0.0526. The lowest BCUT2D eigenvalue weighted by Crippen LogP contribution is -2.20. The van der Waals surface area contributed by atoms with Crippen LogP contribution in [0.5, 0.6) is 0 Å². The average Bonchev–Trinajstić information content (AvgIpc) is 2.63. The number of rotatable bonds is 6. The van der Waals surface area contributed by atoms with E-state index in [2.05, 4.69) is 10.9 Å². The summed E-state index contributed by atoms with van der Waals surface area (Å²) in [7, 11) is -3.53. The molecule has 0 heterocycles. The normalized spacial score (nSPS) is 11.2. The molecule has 0 amide bonds. The monoisotopic (exact) mass is 372 g/mol. The number of anilines is 1. The molecule has 0 radical (unpaired) electrons. The van der Waals surface area contributed by atoms with Crippen molar-refractivity contribution in [3.8, 4) is 0 Å². The minimum atomic E-state index is -3.53. The van der Waals surface area contributed by atoms with Crippen molar-refractivity contribution >= 4 is 27.1 Å². The Hall–Kier alpha value is -2.34. The van der Waals surface area contributed by atoms with Crippen molar-refractivity contribution in [3.05, 3.63) is 89.4 Å². The van der Waals surface area contributed by atoms with Crippen LogP contribution in [0.4, 0.5) is 5.69 Å². The molecular formula is C19H17ClN2O2S. The summed E-state index contributed by atoms with van der Waals surface area (Å²) >= 11 is 5.81. The number of nitrogens with one attached hydrogen (secondary N) is 2. The molecule has 0 atom stereocenters. The molecule has 6 heteroatoms. The van der Waals surface area contributed by atoms with E-state index in [-0.39, 0.29) is 9.79 Å². The number of hydrogen-bond donors (Lipinski definition) is 2. The zero-order valence-corrected chi connectivity index (χ0v) is 14.9. The van der Waals surface area contributed by atoms with Gasteiger partial charge in [-0.3, -0.25) is 0 Å². The largest absolute Gasteiger partial charge is 0.321 e. The van der Waals surface area contributed by atoms with Crippen molar-refractivity contribution in [2.75, 3.05) is 5.43 Å². The first-order valence-electron chi connectivity index (χ1n) is 7.69. The predicted molar refractivity (Wildman–Crippen MR) is 100 cm³/mol. The van der Waals surface area contributed by atoms with Gasteiger partial charge in [0.15, 0.2) is 0 Å². The van der Waals surface area contributed by atoms with Crippen LogP contribution in [0.2, 0.25) is 5.02 Å². The molecule has 0 spiro atoms. The second kappa shape index (κ2) is 7.70. The third-order valence-corrected chi connectivity index (χ3v) is 5.69. The van der Waals surface area contributed by atoms with Gasteiger partial charge in [0, 0.05) is 17.3 Å². The lowest BCUT2D eigenvalue weighted by Gasteiger charge is -2.09. The first-order chi connectivity index (χ1) is 12.1. The van der Waals surface area contributed by atoms with Gasteiger partial charge in [0.25, 0.3) is 0 Å². The van der Waals surface area contributed by atoms with Crippen LogP contribution in [0.1, 0.15) is 5.56 Å². The molecule has 2 N–H and O–H groups in total. The van der Waals surface area contributed by atoms with Crippen molar-refractivity contribution in [3.63, 3.8) is 0 Å². The predicted octanol–water partition coefficient (Wildman–Crippen LogP) is 4.29. The second-order valence-corrected chi connectivity index (χ2v) is 7.83. The van der Waals surface area contributed by atoms with Gasteiger partial charge in [-0.15, -0.1) is 0 Å². The molecule has 25 heavy (non-hydrogen) atoms. The second-order valence-electron chi connectivity index (χ2n) is 5.45. The highest BCUT2D eigenvalue weighted by molar-refractivity contribution is 7.91. The molecule has 0 aliphatic heterocycles. The third-order valence-electron chi connectivity index (χ3n) is 3.66. The summed E-state index contributed by atoms with van der Waals surface area (Å²) < 4.78 is 25.2. The fourth-order valence-electron chi connectivity index (χ4n) is 2.31. The van der Waals surface area contributed by atoms with E-state index in [1.165, 1.54) is 12.1 Å². The quantitative estimate of drug-likeness (QED) is 0.634. The van der Waals surface area contributed by atoms with E-state index in [0.29, 0.717) is 11.6 Å². The summed E-state index contributed by atoms with van der Waals surface area (Å²) in [6.45, 7) is 0.566. The van der Waals surface area contributed by atoms with Crippen molar-refractivity contribution in [2.45, 2.75) is 16.3 Å². The van der Waals surface area contributed by atoms with E-state index in [0.717, 1.165) is 11.3 Å². The maximum Gasteiger partial charge on any atom is 0.206 e. The minimum absolute atomic E-state index is 0.230. The zero-order valence-electron chi connectivity index (χ0n) is 13.3. The number of benzene rings is 3. The molecule has 0 unspecified atom stereocenters. The lowest BCUT2D eigenvalue weighted by molar-refractivity contribution is 0.596. The number of sulfone groups is 1. The molecule has 3 rings (SSSR count). The van der Waals surface area contributed by atoms with E-state index in [4.69, 9.17) is 11.6 Å². The van der Waals surface area contributed by atoms with Crippen LogP contribution in [0.3, 0.4) is 0 Å². The van der Waals surface area contributed by atoms with Gasteiger partial charge < -0.3 is 5.43 Å². The van der Waals surface area contributed by atoms with Gasteiger partial charge in [0.2, 0.25) is 9.84 Å². The van der Waals surface area contributed by atoms with Crippen LogP contribution in [-0.4, -0.2) is 8.42 Å². The molecular weight excluding hydrogens is 356 g/mol. The highest BCUT2D eigenvalue weighted by Gasteiger charge is 2.17. The number of hydrazine groups is 1. The van der Waals surface area contributed by atoms with E-state index in [9.17, 15) is 8.42 Å². The first kappa shape index (κ1) is 17.5. The number of hydrogen-bond acceptors (Lipinski definition) is 4. The maximum atomic E-state index is 12.6. The van der Waals surface area contributed by atoms with Crippen LogP contribution in [0, 0.1) is 0 Å². The average molecular weight is 373 g/mol. The van der Waals surface area contributed by atoms with Crippen LogP contribution in [-0.2, 0) is 16.4 Å². The SMILES string of the molecule is O=S(=O)(c1ccc(Cl)cc1)c1ccc(CNNc2ccccc2)cc1. The number of para-hydroxylation sites is 1. The molecule has 0 aliphatic carbocycles. The smallest absolute Gasteiger partial charge is 0.206 e. The van der Waals surface area contributed by atoms with E-state index in [1.54, 1.807) is 36.4 Å². The Bertz CT molecular complexity index is 925. The number of halogens is 1. The molecule has 0 saturated heterocycles. The Morgan fingerprint density at radius 2 is 1.32 bits per heavy atom. The fourth-order valence-corrected chi connectivity index (χ4v) is 3.69. The van der Waals surface area contributed by atoms with Crippen LogP contribution >= 0.6 is 11.6 Å². The van der Waals surface area contributed by atoms with Crippen molar-refractivity contribution in [1.82, 2.24) is 5.43 Å². The summed E-state index contributed by atoms with van der Waals surface area (Å²) in [4.78, 5) is 0.489. The summed E-state index contributed by atoms with van der Waals surface area (Å²) in [5.74, 6) is 0. The summed E-state index contributed by atoms with van der Waals surface area (Å²) in [6.07, 6.45) is 0. The Labute approximate surface area is 152 Å². The molecule has 0 aromatic heterocycles. The third kappa shape index (κ3) is 4.39. The molecule has 0 aliphatic rings. The Morgan fingerprint density at radius 1 is 0.760 bits per heavy atom. The highest BCUT2D eigenvalue weighted by Crippen LogP contribution is 2.22. The molecule has 0 saturated carbocycles. The van der Waals surface area contributed by atoms with Gasteiger partial charge in [-0.05, 0) is 54.1 Å². The standard InChI is InChI=1S/C19H17ClN2O2S/c20-16-8-12-19(13-9-16)25(23,24)18-10-6-15(7-11-18)14-21-22-17-4-2-1-3-5-17/h1-13,21-22H,14H2. The Kier molecular flexibility index (Phi) is 5.38. The van der Waals surface area contributed by atoms with Crippen LogP contribution in [0.25, 0.3) is 0 Å².